The highest BCUT2D eigenvalue weighted by Gasteiger charge is 2.04. The number of halogens is 2. The molecule has 0 fully saturated rings. The molecular formula is C51H56Cl2N2S2. The van der Waals surface area contributed by atoms with Crippen LogP contribution in [0.3, 0.4) is 0 Å². The SMILES string of the molecule is C=C/C(=C\C)c1cc(C)cs1.CC.CCc1ccc(-c2ccc(C)nc2)cc1.CCc1ccc(-c2ccnc(Cl)c2)cc1.CCc1ccc(-c2sccc2Cl)cc1. The molecule has 3 aromatic carbocycles. The fourth-order valence-corrected chi connectivity index (χ4v) is 7.74. The van der Waals surface area contributed by atoms with Gasteiger partial charge in [-0.25, -0.2) is 4.98 Å². The number of aryl methyl sites for hydroxylation is 5. The van der Waals surface area contributed by atoms with Crippen molar-refractivity contribution in [3.05, 3.63) is 194 Å². The van der Waals surface area contributed by atoms with Gasteiger partial charge in [0.05, 0.1) is 9.90 Å². The maximum Gasteiger partial charge on any atom is 0.129 e. The Kier molecular flexibility index (Phi) is 21.0. The van der Waals surface area contributed by atoms with Gasteiger partial charge >= 0.3 is 0 Å². The van der Waals surface area contributed by atoms with Crippen molar-refractivity contribution < 1.29 is 0 Å². The van der Waals surface area contributed by atoms with E-state index in [2.05, 4.69) is 141 Å². The highest BCUT2D eigenvalue weighted by atomic mass is 35.5. The highest BCUT2D eigenvalue weighted by Crippen LogP contribution is 2.33. The number of benzene rings is 3. The summed E-state index contributed by atoms with van der Waals surface area (Å²) in [7, 11) is 0. The first-order valence-electron chi connectivity index (χ1n) is 19.6. The lowest BCUT2D eigenvalue weighted by Crippen LogP contribution is -1.84. The van der Waals surface area contributed by atoms with Crippen LogP contribution in [0.15, 0.2) is 151 Å². The van der Waals surface area contributed by atoms with Crippen molar-refractivity contribution >= 4 is 51.4 Å². The van der Waals surface area contributed by atoms with Gasteiger partial charge in [-0.1, -0.05) is 155 Å². The molecule has 0 bridgehead atoms. The van der Waals surface area contributed by atoms with Crippen molar-refractivity contribution in [2.75, 3.05) is 0 Å². The summed E-state index contributed by atoms with van der Waals surface area (Å²) >= 11 is 15.4. The maximum atomic E-state index is 6.06. The Balaban J connectivity index is 0.000000202. The van der Waals surface area contributed by atoms with E-state index in [0.717, 1.165) is 40.4 Å². The molecule has 0 atom stereocenters. The van der Waals surface area contributed by atoms with Crippen LogP contribution in [0.25, 0.3) is 38.3 Å². The summed E-state index contributed by atoms with van der Waals surface area (Å²) < 4.78 is 0. The molecule has 0 aliphatic rings. The molecule has 2 nitrogen and oxygen atoms in total. The van der Waals surface area contributed by atoms with Crippen molar-refractivity contribution in [2.24, 2.45) is 0 Å². The summed E-state index contributed by atoms with van der Waals surface area (Å²) in [6.45, 7) is 20.4. The number of allylic oxidation sites excluding steroid dienone is 3. The molecule has 7 aromatic rings. The third-order valence-electron chi connectivity index (χ3n) is 8.82. The summed E-state index contributed by atoms with van der Waals surface area (Å²) in [6.07, 6.45) is 10.9. The molecule has 57 heavy (non-hydrogen) atoms. The van der Waals surface area contributed by atoms with E-state index in [9.17, 15) is 0 Å². The van der Waals surface area contributed by atoms with E-state index in [0.29, 0.717) is 5.15 Å². The Morgan fingerprint density at radius 3 is 1.56 bits per heavy atom. The number of thiophene rings is 2. The van der Waals surface area contributed by atoms with Crippen molar-refractivity contribution in [1.82, 2.24) is 9.97 Å². The minimum Gasteiger partial charge on any atom is -0.261 e. The quantitative estimate of drug-likeness (QED) is 0.113. The number of pyridine rings is 2. The first-order valence-corrected chi connectivity index (χ1v) is 22.1. The average molecular weight is 832 g/mol. The van der Waals surface area contributed by atoms with Crippen LogP contribution in [-0.2, 0) is 19.3 Å². The van der Waals surface area contributed by atoms with Gasteiger partial charge < -0.3 is 0 Å². The van der Waals surface area contributed by atoms with Crippen molar-refractivity contribution in [3.63, 3.8) is 0 Å². The van der Waals surface area contributed by atoms with E-state index in [-0.39, 0.29) is 0 Å². The predicted molar refractivity (Wildman–Crippen MR) is 256 cm³/mol. The van der Waals surface area contributed by atoms with E-state index < -0.39 is 0 Å². The molecular weight excluding hydrogens is 776 g/mol. The molecule has 0 aliphatic carbocycles. The predicted octanol–water partition coefficient (Wildman–Crippen LogP) is 16.9. The molecule has 7 rings (SSSR count). The van der Waals surface area contributed by atoms with Crippen LogP contribution in [0.4, 0.5) is 0 Å². The van der Waals surface area contributed by atoms with Gasteiger partial charge in [-0.15, -0.1) is 22.7 Å². The summed E-state index contributed by atoms with van der Waals surface area (Å²) in [5.74, 6) is 0. The minimum absolute atomic E-state index is 0.534. The van der Waals surface area contributed by atoms with Crippen LogP contribution in [0, 0.1) is 13.8 Å². The zero-order valence-corrected chi connectivity index (χ0v) is 37.8. The third-order valence-corrected chi connectivity index (χ3v) is 11.5. The van der Waals surface area contributed by atoms with Crippen LogP contribution in [-0.4, -0.2) is 9.97 Å². The first-order chi connectivity index (χ1) is 27.7. The lowest BCUT2D eigenvalue weighted by Gasteiger charge is -2.02. The summed E-state index contributed by atoms with van der Waals surface area (Å²) in [5, 5.41) is 5.56. The van der Waals surface area contributed by atoms with Gasteiger partial charge in [0.15, 0.2) is 0 Å². The molecule has 0 radical (unpaired) electrons. The minimum atomic E-state index is 0.534. The van der Waals surface area contributed by atoms with Crippen LogP contribution in [0.2, 0.25) is 10.2 Å². The van der Waals surface area contributed by atoms with Gasteiger partial charge in [0.25, 0.3) is 0 Å². The Bertz CT molecular complexity index is 2210. The zero-order chi connectivity index (χ0) is 41.6. The van der Waals surface area contributed by atoms with Crippen LogP contribution >= 0.6 is 45.9 Å². The lowest BCUT2D eigenvalue weighted by atomic mass is 10.0. The Morgan fingerprint density at radius 1 is 0.632 bits per heavy atom. The van der Waals surface area contributed by atoms with Crippen LogP contribution in [0.1, 0.15) is 74.4 Å². The van der Waals surface area contributed by atoms with E-state index in [1.54, 1.807) is 28.9 Å². The largest absolute Gasteiger partial charge is 0.261 e. The number of aromatic nitrogens is 2. The number of rotatable bonds is 8. The molecule has 6 heteroatoms. The first kappa shape index (κ1) is 46.8. The van der Waals surface area contributed by atoms with Crippen molar-refractivity contribution in [2.45, 2.75) is 74.7 Å². The van der Waals surface area contributed by atoms with Gasteiger partial charge in [0.2, 0.25) is 0 Å². The van der Waals surface area contributed by atoms with Gasteiger partial charge in [-0.3, -0.25) is 4.98 Å². The monoisotopic (exact) mass is 830 g/mol. The topological polar surface area (TPSA) is 25.8 Å². The normalized spacial score (nSPS) is 10.3. The molecule has 4 aromatic heterocycles. The van der Waals surface area contributed by atoms with Crippen molar-refractivity contribution in [3.8, 4) is 32.7 Å². The molecule has 0 saturated carbocycles. The lowest BCUT2D eigenvalue weighted by molar-refractivity contribution is 1.14. The summed E-state index contributed by atoms with van der Waals surface area (Å²) in [4.78, 5) is 10.7. The molecule has 4 heterocycles. The highest BCUT2D eigenvalue weighted by molar-refractivity contribution is 7.14. The molecule has 0 unspecified atom stereocenters. The fourth-order valence-electron chi connectivity index (χ4n) is 5.42. The second kappa shape index (κ2) is 25.6. The van der Waals surface area contributed by atoms with E-state index in [1.807, 2.05) is 69.6 Å². The van der Waals surface area contributed by atoms with Crippen LogP contribution in [0.5, 0.6) is 0 Å². The van der Waals surface area contributed by atoms with Gasteiger partial charge in [-0.2, -0.15) is 0 Å². The smallest absolute Gasteiger partial charge is 0.129 e. The van der Waals surface area contributed by atoms with Crippen molar-refractivity contribution in [1.29, 1.82) is 0 Å². The van der Waals surface area contributed by atoms with E-state index >= 15 is 0 Å². The average Bonchev–Trinajstić information content (AvgIpc) is 3.90. The number of hydrogen-bond acceptors (Lipinski definition) is 4. The van der Waals surface area contributed by atoms with Gasteiger partial charge in [-0.05, 0) is 131 Å². The number of nitrogens with zero attached hydrogens (tertiary/aromatic N) is 2. The summed E-state index contributed by atoms with van der Waals surface area (Å²) in [5.41, 5.74) is 13.6. The van der Waals surface area contributed by atoms with E-state index in [4.69, 9.17) is 23.2 Å². The fraction of sp³-hybridized carbons (Fsp3) is 0.216. The Hall–Kier alpha value is -4.58. The van der Waals surface area contributed by atoms with Gasteiger partial charge in [0, 0.05) is 28.5 Å². The Morgan fingerprint density at radius 2 is 1.16 bits per heavy atom. The molecule has 0 spiro atoms. The second-order valence-electron chi connectivity index (χ2n) is 12.7. The van der Waals surface area contributed by atoms with Gasteiger partial charge in [0.1, 0.15) is 5.15 Å². The maximum absolute atomic E-state index is 6.06. The molecule has 296 valence electrons. The van der Waals surface area contributed by atoms with Crippen LogP contribution < -0.4 is 0 Å². The Labute approximate surface area is 360 Å². The molecule has 0 saturated heterocycles. The third kappa shape index (κ3) is 15.4. The van der Waals surface area contributed by atoms with E-state index in [1.165, 1.54) is 55.0 Å². The second-order valence-corrected chi connectivity index (χ2v) is 15.4. The zero-order valence-electron chi connectivity index (χ0n) is 34.7. The molecule has 0 aliphatic heterocycles. The number of hydrogen-bond donors (Lipinski definition) is 0. The summed E-state index contributed by atoms with van der Waals surface area (Å²) in [6, 6.07) is 37.9. The molecule has 0 N–H and O–H groups in total. The molecule has 0 amide bonds. The standard InChI is InChI=1S/C14H15N.C13H12ClN.C12H11ClS.C10H12S.C2H6/c1-3-12-5-8-13(9-6-12)14-7-4-11(2)15-10-14;1-2-10-3-5-11(6-4-10)12-7-8-15-13(14)9-12;1-2-9-3-5-10(6-4-9)12-11(13)7-8-14-12;1-4-9(5-2)10-6-8(3)7-11-10;1-2/h4-10H,3H2,1-2H3;3-9H,2H2,1H3;3-8H,2H2,1H3;4-7H,1H2,2-3H3;1-2H3/b;;;9-5+;.